The van der Waals surface area contributed by atoms with Gasteiger partial charge in [-0.25, -0.2) is 0 Å². The second-order valence-electron chi connectivity index (χ2n) is 15.8. The van der Waals surface area contributed by atoms with Crippen LogP contribution in [0.1, 0.15) is 127 Å². The summed E-state index contributed by atoms with van der Waals surface area (Å²) < 4.78 is 12.8. The predicted octanol–water partition coefficient (Wildman–Crippen LogP) is 6.43. The van der Waals surface area contributed by atoms with Gasteiger partial charge in [0.2, 0.25) is 0 Å². The monoisotopic (exact) mass is 518 g/mol. The van der Waals surface area contributed by atoms with Gasteiger partial charge in [0.1, 0.15) is 17.3 Å². The van der Waals surface area contributed by atoms with Crippen LogP contribution in [0.3, 0.4) is 0 Å². The van der Waals surface area contributed by atoms with Crippen LogP contribution in [0.15, 0.2) is 0 Å². The van der Waals surface area contributed by atoms with Crippen LogP contribution < -0.4 is 0 Å². The Morgan fingerprint density at radius 2 is 1.62 bits per heavy atom. The Bertz CT molecular complexity index is 938. The van der Waals surface area contributed by atoms with Crippen LogP contribution in [0.4, 0.5) is 0 Å². The number of carbonyl (C=O) groups excluding carboxylic acids is 1. The zero-order valence-corrected chi connectivity index (χ0v) is 25.1. The minimum absolute atomic E-state index is 0.0293. The minimum Gasteiger partial charge on any atom is -0.460 e. The van der Waals surface area contributed by atoms with Gasteiger partial charge in [-0.1, -0.05) is 41.5 Å². The molecule has 0 amide bonds. The SMILES string of the molecule is CC(=O)OC(CCC(C)C1CC[C@@]2(C)C34CC[C@H]5C(C)(C)[C@@H](O)CC[C@]5(C)C3(CC[C@]12C)O4)C(C)(C)O. The van der Waals surface area contributed by atoms with Crippen LogP contribution in [0.5, 0.6) is 0 Å². The highest BCUT2D eigenvalue weighted by atomic mass is 16.6. The van der Waals surface area contributed by atoms with Gasteiger partial charge in [-0.05, 0) is 107 Å². The predicted molar refractivity (Wildman–Crippen MR) is 145 cm³/mol. The van der Waals surface area contributed by atoms with Crippen molar-refractivity contribution in [2.45, 2.75) is 156 Å². The number of aliphatic hydroxyl groups is 2. The Labute approximate surface area is 225 Å². The molecule has 1 heterocycles. The Morgan fingerprint density at radius 1 is 0.946 bits per heavy atom. The summed E-state index contributed by atoms with van der Waals surface area (Å²) in [5, 5.41) is 21.5. The number of ether oxygens (including phenoxy) is 2. The van der Waals surface area contributed by atoms with Gasteiger partial charge in [0, 0.05) is 17.8 Å². The third-order valence-electron chi connectivity index (χ3n) is 13.7. The van der Waals surface area contributed by atoms with E-state index in [-0.39, 0.29) is 44.9 Å². The lowest BCUT2D eigenvalue weighted by atomic mass is 9.38. The number of carbonyl (C=O) groups is 1. The van der Waals surface area contributed by atoms with Crippen molar-refractivity contribution in [1.29, 1.82) is 0 Å². The molecular weight excluding hydrogens is 464 g/mol. The summed E-state index contributed by atoms with van der Waals surface area (Å²) >= 11 is 0. The van der Waals surface area contributed by atoms with Gasteiger partial charge in [-0.3, -0.25) is 4.79 Å². The molecule has 0 aromatic carbocycles. The van der Waals surface area contributed by atoms with E-state index in [0.29, 0.717) is 24.2 Å². The second kappa shape index (κ2) is 8.19. The zero-order chi connectivity index (χ0) is 27.4. The summed E-state index contributed by atoms with van der Waals surface area (Å²) in [5.74, 6) is 1.27. The maximum atomic E-state index is 11.7. The summed E-state index contributed by atoms with van der Waals surface area (Å²) in [7, 11) is 0. The number of fused-ring (bicyclic) bond motifs is 2. The molecule has 10 atom stereocenters. The molecule has 0 aromatic heterocycles. The van der Waals surface area contributed by atoms with Crippen molar-refractivity contribution in [3.63, 3.8) is 0 Å². The lowest BCUT2D eigenvalue weighted by Crippen LogP contribution is -2.66. The number of esters is 1. The summed E-state index contributed by atoms with van der Waals surface area (Å²) in [6.45, 7) is 19.5. The first-order valence-electron chi connectivity index (χ1n) is 15.2. The molecule has 2 N–H and O–H groups in total. The molecule has 5 nitrogen and oxygen atoms in total. The van der Waals surface area contributed by atoms with Gasteiger partial charge < -0.3 is 19.7 Å². The van der Waals surface area contributed by atoms with Gasteiger partial charge >= 0.3 is 5.97 Å². The van der Waals surface area contributed by atoms with Crippen molar-refractivity contribution in [2.24, 2.45) is 39.4 Å². The molecule has 4 saturated carbocycles. The molecule has 5 unspecified atom stereocenters. The maximum Gasteiger partial charge on any atom is 0.303 e. The standard InChI is InChI=1S/C32H54O5/c1-20(10-11-25(27(5,6)35)36-21(2)33)22-12-16-30(9)28(22,7)18-19-31-29(8)15-14-24(34)26(3,4)23(29)13-17-32(30,31)37-31/h20,22-25,34-35H,10-19H2,1-9H3/t20?,22?,23-,24-,25?,28+,29-,30+,31?,32?/m0/s1. The first-order valence-corrected chi connectivity index (χ1v) is 15.2. The highest BCUT2D eigenvalue weighted by molar-refractivity contribution is 5.66. The molecule has 0 bridgehead atoms. The fourth-order valence-corrected chi connectivity index (χ4v) is 11.3. The Morgan fingerprint density at radius 3 is 2.24 bits per heavy atom. The smallest absolute Gasteiger partial charge is 0.303 e. The van der Waals surface area contributed by atoms with E-state index >= 15 is 0 Å². The van der Waals surface area contributed by atoms with Crippen molar-refractivity contribution in [3.05, 3.63) is 0 Å². The molecule has 5 rings (SSSR count). The van der Waals surface area contributed by atoms with E-state index in [2.05, 4.69) is 41.5 Å². The Kier molecular flexibility index (Phi) is 6.18. The number of hydrogen-bond acceptors (Lipinski definition) is 5. The average molecular weight is 519 g/mol. The first-order chi connectivity index (χ1) is 16.9. The van der Waals surface area contributed by atoms with Gasteiger partial charge in [0.15, 0.2) is 0 Å². The molecule has 0 aromatic rings. The van der Waals surface area contributed by atoms with Crippen LogP contribution in [0, 0.1) is 39.4 Å². The number of rotatable bonds is 6. The molecule has 212 valence electrons. The lowest BCUT2D eigenvalue weighted by molar-refractivity contribution is -0.161. The third kappa shape index (κ3) is 3.41. The number of epoxide rings is 1. The Balaban J connectivity index is 1.38. The largest absolute Gasteiger partial charge is 0.460 e. The van der Waals surface area contributed by atoms with Gasteiger partial charge in [-0.2, -0.15) is 0 Å². The van der Waals surface area contributed by atoms with E-state index in [1.165, 1.54) is 26.2 Å². The molecule has 4 aliphatic carbocycles. The summed E-state index contributed by atoms with van der Waals surface area (Å²) in [6.07, 6.45) is 9.97. The van der Waals surface area contributed by atoms with Crippen molar-refractivity contribution >= 4 is 5.97 Å². The fraction of sp³-hybridized carbons (Fsp3) is 0.969. The van der Waals surface area contributed by atoms with Crippen molar-refractivity contribution in [2.75, 3.05) is 0 Å². The summed E-state index contributed by atoms with van der Waals surface area (Å²) in [5.41, 5.74) is -0.673. The van der Waals surface area contributed by atoms with Crippen LogP contribution in [-0.4, -0.2) is 45.2 Å². The number of hydrogen-bond donors (Lipinski definition) is 2. The molecule has 1 aliphatic heterocycles. The fourth-order valence-electron chi connectivity index (χ4n) is 11.3. The first kappa shape index (κ1) is 27.9. The van der Waals surface area contributed by atoms with E-state index in [4.69, 9.17) is 9.47 Å². The van der Waals surface area contributed by atoms with Crippen LogP contribution in [0.2, 0.25) is 0 Å². The molecule has 5 fully saturated rings. The highest BCUT2D eigenvalue weighted by Crippen LogP contribution is 2.86. The second-order valence-corrected chi connectivity index (χ2v) is 15.8. The molecule has 0 radical (unpaired) electrons. The average Bonchev–Trinajstić information content (AvgIpc) is 3.42. The zero-order valence-electron chi connectivity index (χ0n) is 25.1. The molecule has 37 heavy (non-hydrogen) atoms. The quantitative estimate of drug-likeness (QED) is 0.313. The number of aliphatic hydroxyl groups excluding tert-OH is 1. The summed E-state index contributed by atoms with van der Waals surface area (Å²) in [4.78, 5) is 11.7. The maximum absolute atomic E-state index is 11.7. The highest BCUT2D eigenvalue weighted by Gasteiger charge is 2.90. The molecule has 5 heteroatoms. The van der Waals surface area contributed by atoms with Crippen molar-refractivity contribution in [1.82, 2.24) is 0 Å². The van der Waals surface area contributed by atoms with Gasteiger partial charge in [0.05, 0.1) is 11.7 Å². The van der Waals surface area contributed by atoms with Crippen LogP contribution >= 0.6 is 0 Å². The molecule has 1 saturated heterocycles. The molecular formula is C32H54O5. The van der Waals surface area contributed by atoms with E-state index in [0.717, 1.165) is 38.5 Å². The van der Waals surface area contributed by atoms with E-state index < -0.39 is 11.7 Å². The normalized spacial score (nSPS) is 49.6. The molecule has 0 spiro atoms. The van der Waals surface area contributed by atoms with Gasteiger partial charge in [-0.15, -0.1) is 0 Å². The van der Waals surface area contributed by atoms with Gasteiger partial charge in [0.25, 0.3) is 0 Å². The lowest BCUT2D eigenvalue weighted by Gasteiger charge is -2.64. The third-order valence-corrected chi connectivity index (χ3v) is 13.7. The summed E-state index contributed by atoms with van der Waals surface area (Å²) in [6, 6.07) is 0. The minimum atomic E-state index is -1.04. The van der Waals surface area contributed by atoms with Crippen molar-refractivity contribution in [3.8, 4) is 0 Å². The van der Waals surface area contributed by atoms with E-state index in [1.807, 2.05) is 0 Å². The molecule has 5 aliphatic rings. The van der Waals surface area contributed by atoms with Crippen LogP contribution in [0.25, 0.3) is 0 Å². The topological polar surface area (TPSA) is 79.3 Å². The van der Waals surface area contributed by atoms with E-state index in [1.54, 1.807) is 13.8 Å². The van der Waals surface area contributed by atoms with Crippen LogP contribution in [-0.2, 0) is 14.3 Å². The van der Waals surface area contributed by atoms with E-state index in [9.17, 15) is 15.0 Å². The Hall–Kier alpha value is -0.650. The van der Waals surface area contributed by atoms with Crippen molar-refractivity contribution < 1.29 is 24.5 Å².